The molecule has 1 rings (SSSR count). The second kappa shape index (κ2) is 4.10. The van der Waals surface area contributed by atoms with Crippen molar-refractivity contribution in [1.29, 1.82) is 0 Å². The lowest BCUT2D eigenvalue weighted by Gasteiger charge is -2.08. The summed E-state index contributed by atoms with van der Waals surface area (Å²) < 4.78 is 5.45. The normalized spacial score (nSPS) is 10.3. The minimum absolute atomic E-state index is 0.199. The minimum atomic E-state index is 0.199. The molecule has 0 spiro atoms. The molecule has 0 atom stereocenters. The van der Waals surface area contributed by atoms with Crippen LogP contribution in [0.3, 0.4) is 0 Å². The molecular weight excluding hydrogens is 150 g/mol. The van der Waals surface area contributed by atoms with Crippen LogP contribution in [0.1, 0.15) is 26.5 Å². The Hall–Kier alpha value is -1.05. The highest BCUT2D eigenvalue weighted by molar-refractivity contribution is 5.15. The van der Waals surface area contributed by atoms with Gasteiger partial charge in [-0.1, -0.05) is 13.0 Å². The largest absolute Gasteiger partial charge is 0.475 e. The van der Waals surface area contributed by atoms with Crippen LogP contribution < -0.4 is 4.74 Å². The SMILES string of the molecule is CCc1cccc(OC(C)C)n1. The molecule has 0 bridgehead atoms. The summed E-state index contributed by atoms with van der Waals surface area (Å²) in [6.45, 7) is 6.09. The van der Waals surface area contributed by atoms with Gasteiger partial charge < -0.3 is 4.74 Å². The average Bonchev–Trinajstić information content (AvgIpc) is 2.03. The fourth-order valence-corrected chi connectivity index (χ4v) is 0.962. The van der Waals surface area contributed by atoms with Crippen LogP contribution >= 0.6 is 0 Å². The molecule has 2 heteroatoms. The molecule has 0 fully saturated rings. The van der Waals surface area contributed by atoms with Crippen LogP contribution in [0, 0.1) is 0 Å². The Bertz CT molecular complexity index is 245. The van der Waals surface area contributed by atoms with Crippen molar-refractivity contribution < 1.29 is 4.74 Å². The summed E-state index contributed by atoms with van der Waals surface area (Å²) in [5.74, 6) is 0.726. The topological polar surface area (TPSA) is 22.1 Å². The van der Waals surface area contributed by atoms with E-state index < -0.39 is 0 Å². The lowest BCUT2D eigenvalue weighted by Crippen LogP contribution is -2.07. The first-order valence-corrected chi connectivity index (χ1v) is 4.35. The third-order valence-electron chi connectivity index (χ3n) is 1.50. The molecular formula is C10H15NO. The average molecular weight is 165 g/mol. The second-order valence-electron chi connectivity index (χ2n) is 2.99. The Morgan fingerprint density at radius 1 is 1.42 bits per heavy atom. The maximum atomic E-state index is 5.45. The number of nitrogens with zero attached hydrogens (tertiary/aromatic N) is 1. The Balaban J connectivity index is 2.72. The van der Waals surface area contributed by atoms with E-state index in [0.717, 1.165) is 18.0 Å². The molecule has 0 aliphatic rings. The van der Waals surface area contributed by atoms with Crippen molar-refractivity contribution >= 4 is 0 Å². The predicted molar refractivity (Wildman–Crippen MR) is 49.4 cm³/mol. The molecule has 1 aromatic heterocycles. The lowest BCUT2D eigenvalue weighted by atomic mass is 10.3. The van der Waals surface area contributed by atoms with Gasteiger partial charge in [-0.2, -0.15) is 0 Å². The molecule has 0 aromatic carbocycles. The quantitative estimate of drug-likeness (QED) is 0.686. The lowest BCUT2D eigenvalue weighted by molar-refractivity contribution is 0.232. The summed E-state index contributed by atoms with van der Waals surface area (Å²) >= 11 is 0. The Kier molecular flexibility index (Phi) is 3.09. The molecule has 0 aliphatic carbocycles. The molecule has 0 radical (unpaired) electrons. The number of pyridine rings is 1. The molecule has 12 heavy (non-hydrogen) atoms. The molecule has 0 saturated carbocycles. The van der Waals surface area contributed by atoms with Gasteiger partial charge in [-0.05, 0) is 26.3 Å². The summed E-state index contributed by atoms with van der Waals surface area (Å²) in [5, 5.41) is 0. The van der Waals surface area contributed by atoms with E-state index in [0.29, 0.717) is 0 Å². The van der Waals surface area contributed by atoms with E-state index in [9.17, 15) is 0 Å². The number of hydrogen-bond donors (Lipinski definition) is 0. The van der Waals surface area contributed by atoms with Crippen LogP contribution in [0.2, 0.25) is 0 Å². The van der Waals surface area contributed by atoms with Crippen LogP contribution in [-0.2, 0) is 6.42 Å². The highest BCUT2D eigenvalue weighted by atomic mass is 16.5. The summed E-state index contributed by atoms with van der Waals surface area (Å²) in [6.07, 6.45) is 1.15. The number of hydrogen-bond acceptors (Lipinski definition) is 2. The van der Waals surface area contributed by atoms with Crippen molar-refractivity contribution in [3.8, 4) is 5.88 Å². The van der Waals surface area contributed by atoms with E-state index in [2.05, 4.69) is 11.9 Å². The summed E-state index contributed by atoms with van der Waals surface area (Å²) in [5.41, 5.74) is 1.08. The fraction of sp³-hybridized carbons (Fsp3) is 0.500. The van der Waals surface area contributed by atoms with Gasteiger partial charge in [0.15, 0.2) is 0 Å². The number of aryl methyl sites for hydroxylation is 1. The molecule has 2 nitrogen and oxygen atoms in total. The standard InChI is InChI=1S/C10H15NO/c1-4-9-6-5-7-10(11-9)12-8(2)3/h5-8H,4H2,1-3H3. The van der Waals surface area contributed by atoms with Crippen LogP contribution in [0.15, 0.2) is 18.2 Å². The maximum absolute atomic E-state index is 5.45. The minimum Gasteiger partial charge on any atom is -0.475 e. The Morgan fingerprint density at radius 2 is 2.17 bits per heavy atom. The Morgan fingerprint density at radius 3 is 2.75 bits per heavy atom. The van der Waals surface area contributed by atoms with Gasteiger partial charge in [0.2, 0.25) is 5.88 Å². The first-order valence-electron chi connectivity index (χ1n) is 4.35. The van der Waals surface area contributed by atoms with Crippen molar-refractivity contribution in [2.24, 2.45) is 0 Å². The highest BCUT2D eigenvalue weighted by Crippen LogP contribution is 2.09. The van der Waals surface area contributed by atoms with Gasteiger partial charge in [0.25, 0.3) is 0 Å². The molecule has 0 aliphatic heterocycles. The maximum Gasteiger partial charge on any atom is 0.213 e. The Labute approximate surface area is 73.6 Å². The van der Waals surface area contributed by atoms with Gasteiger partial charge in [0.1, 0.15) is 0 Å². The summed E-state index contributed by atoms with van der Waals surface area (Å²) in [6, 6.07) is 5.87. The molecule has 0 unspecified atom stereocenters. The first kappa shape index (κ1) is 9.04. The molecule has 66 valence electrons. The van der Waals surface area contributed by atoms with Crippen LogP contribution in [0.5, 0.6) is 5.88 Å². The number of ether oxygens (including phenoxy) is 1. The van der Waals surface area contributed by atoms with E-state index in [4.69, 9.17) is 4.74 Å². The van der Waals surface area contributed by atoms with Gasteiger partial charge in [0, 0.05) is 11.8 Å². The number of aromatic nitrogens is 1. The van der Waals surface area contributed by atoms with Gasteiger partial charge >= 0.3 is 0 Å². The van der Waals surface area contributed by atoms with Gasteiger partial charge in [-0.3, -0.25) is 0 Å². The van der Waals surface area contributed by atoms with Crippen molar-refractivity contribution in [2.45, 2.75) is 33.3 Å². The molecule has 1 aromatic rings. The zero-order valence-electron chi connectivity index (χ0n) is 7.87. The van der Waals surface area contributed by atoms with E-state index in [1.54, 1.807) is 0 Å². The van der Waals surface area contributed by atoms with E-state index in [1.807, 2.05) is 32.0 Å². The third kappa shape index (κ3) is 2.53. The van der Waals surface area contributed by atoms with Crippen molar-refractivity contribution in [3.63, 3.8) is 0 Å². The predicted octanol–water partition coefficient (Wildman–Crippen LogP) is 2.43. The first-order chi connectivity index (χ1) is 5.72. The molecule has 0 saturated heterocycles. The van der Waals surface area contributed by atoms with Gasteiger partial charge in [-0.25, -0.2) is 4.98 Å². The van der Waals surface area contributed by atoms with Crippen molar-refractivity contribution in [3.05, 3.63) is 23.9 Å². The molecule has 1 heterocycles. The van der Waals surface area contributed by atoms with Gasteiger partial charge in [0.05, 0.1) is 6.10 Å². The van der Waals surface area contributed by atoms with Crippen LogP contribution in [-0.4, -0.2) is 11.1 Å². The van der Waals surface area contributed by atoms with Crippen LogP contribution in [0.25, 0.3) is 0 Å². The highest BCUT2D eigenvalue weighted by Gasteiger charge is 1.98. The van der Waals surface area contributed by atoms with Gasteiger partial charge in [-0.15, -0.1) is 0 Å². The summed E-state index contributed by atoms with van der Waals surface area (Å²) in [7, 11) is 0. The number of rotatable bonds is 3. The second-order valence-corrected chi connectivity index (χ2v) is 2.99. The third-order valence-corrected chi connectivity index (χ3v) is 1.50. The molecule has 0 N–H and O–H groups in total. The van der Waals surface area contributed by atoms with Crippen molar-refractivity contribution in [1.82, 2.24) is 4.98 Å². The fourth-order valence-electron chi connectivity index (χ4n) is 0.962. The van der Waals surface area contributed by atoms with E-state index in [-0.39, 0.29) is 6.10 Å². The zero-order valence-corrected chi connectivity index (χ0v) is 7.87. The molecule has 0 amide bonds. The summed E-state index contributed by atoms with van der Waals surface area (Å²) in [4.78, 5) is 4.31. The smallest absolute Gasteiger partial charge is 0.213 e. The van der Waals surface area contributed by atoms with E-state index in [1.165, 1.54) is 0 Å². The van der Waals surface area contributed by atoms with Crippen LogP contribution in [0.4, 0.5) is 0 Å². The van der Waals surface area contributed by atoms with E-state index >= 15 is 0 Å². The van der Waals surface area contributed by atoms with Crippen molar-refractivity contribution in [2.75, 3.05) is 0 Å². The zero-order chi connectivity index (χ0) is 8.97. The monoisotopic (exact) mass is 165 g/mol.